The van der Waals surface area contributed by atoms with E-state index in [1.165, 1.54) is 0 Å². The van der Waals surface area contributed by atoms with Gasteiger partial charge in [-0.2, -0.15) is 0 Å². The fourth-order valence-corrected chi connectivity index (χ4v) is 1.63. The molecule has 80 valence electrons. The number of anilines is 1. The summed E-state index contributed by atoms with van der Waals surface area (Å²) in [6, 6.07) is 0. The predicted molar refractivity (Wildman–Crippen MR) is 60.8 cm³/mol. The molecule has 4 heteroatoms. The maximum Gasteiger partial charge on any atom is 0.147 e. The lowest BCUT2D eigenvalue weighted by Crippen LogP contribution is -2.27. The predicted octanol–water partition coefficient (Wildman–Crippen LogP) is 0.962. The average Bonchev–Trinajstić information content (AvgIpc) is 2.32. The second kappa shape index (κ2) is 4.89. The van der Waals surface area contributed by atoms with E-state index < -0.39 is 0 Å². The van der Waals surface area contributed by atoms with Crippen LogP contribution in [0.2, 0.25) is 0 Å². The van der Waals surface area contributed by atoms with Gasteiger partial charge in [0.1, 0.15) is 5.82 Å². The lowest BCUT2D eigenvalue weighted by molar-refractivity contribution is 0.768. The van der Waals surface area contributed by atoms with E-state index in [-0.39, 0.29) is 0 Å². The summed E-state index contributed by atoms with van der Waals surface area (Å²) >= 11 is 0. The van der Waals surface area contributed by atoms with Gasteiger partial charge in [-0.3, -0.25) is 4.98 Å². The maximum absolute atomic E-state index is 4.41. The number of nitrogens with zero attached hydrogens (tertiary/aromatic N) is 3. The monoisotopic (exact) mass is 204 g/mol. The molecule has 0 unspecified atom stereocenters. The van der Waals surface area contributed by atoms with E-state index in [4.69, 9.17) is 0 Å². The second-order valence-electron chi connectivity index (χ2n) is 3.60. The fraction of sp³-hybridized carbons (Fsp3) is 0.455. The third-order valence-electron chi connectivity index (χ3n) is 2.43. The van der Waals surface area contributed by atoms with Gasteiger partial charge in [-0.05, 0) is 13.5 Å². The van der Waals surface area contributed by atoms with Gasteiger partial charge in [0.2, 0.25) is 0 Å². The average molecular weight is 204 g/mol. The van der Waals surface area contributed by atoms with Crippen molar-refractivity contribution >= 4 is 5.82 Å². The van der Waals surface area contributed by atoms with Crippen molar-refractivity contribution in [3.8, 4) is 0 Å². The van der Waals surface area contributed by atoms with Crippen LogP contribution in [0.25, 0.3) is 0 Å². The smallest absolute Gasteiger partial charge is 0.147 e. The molecule has 0 bridgehead atoms. The van der Waals surface area contributed by atoms with Crippen molar-refractivity contribution in [3.05, 3.63) is 30.2 Å². The Bertz CT molecular complexity index is 331. The van der Waals surface area contributed by atoms with E-state index in [0.29, 0.717) is 0 Å². The number of rotatable bonds is 3. The molecule has 0 aliphatic carbocycles. The Kier molecular flexibility index (Phi) is 3.29. The van der Waals surface area contributed by atoms with Crippen LogP contribution in [0.1, 0.15) is 12.1 Å². The third-order valence-corrected chi connectivity index (χ3v) is 2.43. The van der Waals surface area contributed by atoms with Crippen molar-refractivity contribution in [3.63, 3.8) is 0 Å². The van der Waals surface area contributed by atoms with Crippen molar-refractivity contribution in [1.82, 2.24) is 15.3 Å². The van der Waals surface area contributed by atoms with Crippen molar-refractivity contribution in [2.75, 3.05) is 25.0 Å². The molecule has 0 fully saturated rings. The highest BCUT2D eigenvalue weighted by Crippen LogP contribution is 2.12. The lowest BCUT2D eigenvalue weighted by atomic mass is 10.2. The van der Waals surface area contributed by atoms with Gasteiger partial charge in [-0.1, -0.05) is 12.2 Å². The number of nitrogens with one attached hydrogen (secondary N) is 1. The van der Waals surface area contributed by atoms with E-state index in [1.54, 1.807) is 0 Å². The maximum atomic E-state index is 4.41. The minimum Gasteiger partial charge on any atom is -0.351 e. The minimum atomic E-state index is 0.771. The summed E-state index contributed by atoms with van der Waals surface area (Å²) in [6.07, 6.45) is 9.17. The fourth-order valence-electron chi connectivity index (χ4n) is 1.63. The first-order chi connectivity index (χ1) is 7.40. The molecule has 0 spiro atoms. The quantitative estimate of drug-likeness (QED) is 0.745. The molecule has 0 saturated carbocycles. The first-order valence-corrected chi connectivity index (χ1v) is 5.25. The van der Waals surface area contributed by atoms with Gasteiger partial charge in [0.15, 0.2) is 0 Å². The summed E-state index contributed by atoms with van der Waals surface area (Å²) in [6.45, 7) is 2.75. The number of aromatic nitrogens is 2. The van der Waals surface area contributed by atoms with E-state index in [0.717, 1.165) is 37.6 Å². The molecule has 1 N–H and O–H groups in total. The van der Waals surface area contributed by atoms with Crippen LogP contribution in [0.15, 0.2) is 24.5 Å². The largest absolute Gasteiger partial charge is 0.351 e. The Morgan fingerprint density at radius 3 is 2.87 bits per heavy atom. The summed E-state index contributed by atoms with van der Waals surface area (Å²) in [5.41, 5.74) is 0.980. The molecule has 2 rings (SSSR count). The van der Waals surface area contributed by atoms with E-state index in [9.17, 15) is 0 Å². The Hall–Kier alpha value is -1.42. The molecule has 15 heavy (non-hydrogen) atoms. The Morgan fingerprint density at radius 2 is 2.27 bits per heavy atom. The molecule has 0 saturated heterocycles. The van der Waals surface area contributed by atoms with Gasteiger partial charge in [0, 0.05) is 19.6 Å². The molecule has 0 atom stereocenters. The van der Waals surface area contributed by atoms with Crippen LogP contribution in [-0.4, -0.2) is 30.1 Å². The topological polar surface area (TPSA) is 41.1 Å². The Morgan fingerprint density at radius 1 is 1.33 bits per heavy atom. The van der Waals surface area contributed by atoms with Crippen molar-refractivity contribution < 1.29 is 0 Å². The number of hydrogen-bond donors (Lipinski definition) is 1. The van der Waals surface area contributed by atoms with Crippen LogP contribution < -0.4 is 10.2 Å². The van der Waals surface area contributed by atoms with Crippen LogP contribution >= 0.6 is 0 Å². The molecular weight excluding hydrogens is 188 g/mol. The zero-order valence-corrected chi connectivity index (χ0v) is 8.98. The first-order valence-electron chi connectivity index (χ1n) is 5.25. The zero-order valence-electron chi connectivity index (χ0n) is 8.98. The van der Waals surface area contributed by atoms with Crippen molar-refractivity contribution in [1.29, 1.82) is 0 Å². The Labute approximate surface area is 90.0 Å². The molecule has 0 radical (unpaired) electrons. The first kappa shape index (κ1) is 10.1. The van der Waals surface area contributed by atoms with Gasteiger partial charge >= 0.3 is 0 Å². The number of hydrogen-bond acceptors (Lipinski definition) is 4. The Balaban J connectivity index is 2.05. The van der Waals surface area contributed by atoms with Crippen LogP contribution in [0.4, 0.5) is 5.82 Å². The third kappa shape index (κ3) is 2.53. The highest BCUT2D eigenvalue weighted by atomic mass is 15.2. The van der Waals surface area contributed by atoms with Crippen molar-refractivity contribution in [2.45, 2.75) is 13.0 Å². The van der Waals surface area contributed by atoms with E-state index >= 15 is 0 Å². The molecule has 1 aliphatic heterocycles. The molecule has 0 aromatic carbocycles. The van der Waals surface area contributed by atoms with Gasteiger partial charge < -0.3 is 10.2 Å². The van der Waals surface area contributed by atoms with Gasteiger partial charge in [0.05, 0.1) is 18.1 Å². The minimum absolute atomic E-state index is 0.771. The molecule has 1 aromatic heterocycles. The molecule has 1 aliphatic rings. The van der Waals surface area contributed by atoms with Gasteiger partial charge in [-0.15, -0.1) is 0 Å². The zero-order chi connectivity index (χ0) is 10.5. The second-order valence-corrected chi connectivity index (χ2v) is 3.60. The van der Waals surface area contributed by atoms with Crippen LogP contribution in [-0.2, 0) is 6.54 Å². The molecule has 0 amide bonds. The lowest BCUT2D eigenvalue weighted by Gasteiger charge is -2.23. The molecule has 4 nitrogen and oxygen atoms in total. The summed E-state index contributed by atoms with van der Waals surface area (Å²) < 4.78 is 0. The summed E-state index contributed by atoms with van der Waals surface area (Å²) in [5, 5.41) is 3.06. The summed E-state index contributed by atoms with van der Waals surface area (Å²) in [7, 11) is 1.91. The summed E-state index contributed by atoms with van der Waals surface area (Å²) in [4.78, 5) is 11.0. The van der Waals surface area contributed by atoms with Gasteiger partial charge in [-0.25, -0.2) is 4.98 Å². The SMILES string of the molecule is CNCc1cnc(N2CC=CCC2)cn1. The molecule has 2 heterocycles. The molecular formula is C11H16N4. The van der Waals surface area contributed by atoms with Gasteiger partial charge in [0.25, 0.3) is 0 Å². The van der Waals surface area contributed by atoms with Crippen LogP contribution in [0.3, 0.4) is 0 Å². The van der Waals surface area contributed by atoms with Crippen LogP contribution in [0, 0.1) is 0 Å². The molecule has 1 aromatic rings. The van der Waals surface area contributed by atoms with Crippen molar-refractivity contribution in [2.24, 2.45) is 0 Å². The van der Waals surface area contributed by atoms with Crippen LogP contribution in [0.5, 0.6) is 0 Å². The standard InChI is InChI=1S/C11H16N4/c1-12-7-10-8-14-11(9-13-10)15-5-3-2-4-6-15/h2-3,8-9,12H,4-7H2,1H3. The highest BCUT2D eigenvalue weighted by Gasteiger charge is 2.08. The summed E-state index contributed by atoms with van der Waals surface area (Å²) in [5.74, 6) is 0.971. The van der Waals surface area contributed by atoms with E-state index in [2.05, 4.69) is 32.3 Å². The highest BCUT2D eigenvalue weighted by molar-refractivity contribution is 5.37. The van der Waals surface area contributed by atoms with E-state index in [1.807, 2.05) is 19.4 Å². The normalized spacial score (nSPS) is 15.7.